The number of nitrogens with zero attached hydrogens (tertiary/aromatic N) is 5. The number of ether oxygens (including phenoxy) is 2. The highest BCUT2D eigenvalue weighted by atomic mass is 32.2. The first-order chi connectivity index (χ1) is 15.7. The van der Waals surface area contributed by atoms with Crippen LogP contribution < -0.4 is 0 Å². The van der Waals surface area contributed by atoms with Crippen molar-refractivity contribution in [1.82, 2.24) is 24.6 Å². The number of methoxy groups -OCH3 is 1. The van der Waals surface area contributed by atoms with Crippen molar-refractivity contribution < 1.29 is 23.9 Å². The average Bonchev–Trinajstić information content (AvgIpc) is 3.32. The number of hydrogen-bond donors (Lipinski definition) is 0. The second-order valence-electron chi connectivity index (χ2n) is 8.62. The zero-order chi connectivity index (χ0) is 23.9. The lowest BCUT2D eigenvalue weighted by atomic mass is 10.0. The van der Waals surface area contributed by atoms with Gasteiger partial charge in [-0.1, -0.05) is 13.8 Å². The number of aryl methyl sites for hydroxylation is 2. The van der Waals surface area contributed by atoms with Crippen molar-refractivity contribution in [1.29, 1.82) is 0 Å². The third kappa shape index (κ3) is 4.25. The topological polar surface area (TPSA) is 107 Å². The highest BCUT2D eigenvalue weighted by Gasteiger charge is 2.44. The first-order valence-electron chi connectivity index (χ1n) is 11.0. The van der Waals surface area contributed by atoms with E-state index in [1.807, 2.05) is 14.0 Å². The zero-order valence-electron chi connectivity index (χ0n) is 19.5. The van der Waals surface area contributed by atoms with Crippen molar-refractivity contribution in [2.75, 3.05) is 26.8 Å². The molecule has 2 fully saturated rings. The van der Waals surface area contributed by atoms with E-state index in [1.54, 1.807) is 27.5 Å². The minimum Gasteiger partial charge on any atom is -0.467 e. The smallest absolute Gasteiger partial charge is 0.410 e. The van der Waals surface area contributed by atoms with Gasteiger partial charge in [-0.25, -0.2) is 14.6 Å². The van der Waals surface area contributed by atoms with Gasteiger partial charge in [0.05, 0.1) is 23.8 Å². The zero-order valence-corrected chi connectivity index (χ0v) is 20.3. The van der Waals surface area contributed by atoms with E-state index in [0.717, 1.165) is 21.6 Å². The summed E-state index contributed by atoms with van der Waals surface area (Å²) in [7, 11) is 3.15. The summed E-state index contributed by atoms with van der Waals surface area (Å²) < 4.78 is 11.6. The van der Waals surface area contributed by atoms with E-state index in [1.165, 1.54) is 12.0 Å². The summed E-state index contributed by atoms with van der Waals surface area (Å²) in [6.45, 7) is 7.05. The number of cyclic esters (lactones) is 1. The number of pyridine rings is 1. The van der Waals surface area contributed by atoms with Crippen LogP contribution in [0.3, 0.4) is 0 Å². The number of likely N-dealkylation sites (tertiary alicyclic amines) is 1. The lowest BCUT2D eigenvalue weighted by Gasteiger charge is -2.37. The van der Waals surface area contributed by atoms with Crippen LogP contribution in [0.5, 0.6) is 0 Å². The van der Waals surface area contributed by atoms with Crippen molar-refractivity contribution in [2.45, 2.75) is 55.8 Å². The van der Waals surface area contributed by atoms with Gasteiger partial charge < -0.3 is 14.4 Å². The Hall–Kier alpha value is -2.82. The number of rotatable bonds is 5. The van der Waals surface area contributed by atoms with Crippen LogP contribution in [0.2, 0.25) is 0 Å². The summed E-state index contributed by atoms with van der Waals surface area (Å²) in [6.07, 6.45) is 2.26. The molecule has 11 heteroatoms. The second kappa shape index (κ2) is 9.20. The molecular formula is C22H29N5O5S. The Morgan fingerprint density at radius 3 is 2.61 bits per heavy atom. The van der Waals surface area contributed by atoms with E-state index in [4.69, 9.17) is 9.47 Å². The Morgan fingerprint density at radius 2 is 1.97 bits per heavy atom. The fourth-order valence-corrected chi connectivity index (χ4v) is 5.66. The quantitative estimate of drug-likeness (QED) is 0.479. The summed E-state index contributed by atoms with van der Waals surface area (Å²) in [5.41, 5.74) is 2.17. The van der Waals surface area contributed by atoms with Gasteiger partial charge >= 0.3 is 12.1 Å². The molecule has 2 aromatic heterocycles. The summed E-state index contributed by atoms with van der Waals surface area (Å²) in [5.74, 6) is -0.566. The molecule has 2 aromatic rings. The summed E-state index contributed by atoms with van der Waals surface area (Å²) in [6, 6.07) is -0.914. The molecule has 0 radical (unpaired) electrons. The maximum atomic E-state index is 13.5. The van der Waals surface area contributed by atoms with E-state index >= 15 is 0 Å². The Bertz CT molecular complexity index is 1090. The molecule has 2 saturated heterocycles. The van der Waals surface area contributed by atoms with Gasteiger partial charge in [-0.05, 0) is 19.8 Å². The van der Waals surface area contributed by atoms with Crippen molar-refractivity contribution in [3.8, 4) is 0 Å². The lowest BCUT2D eigenvalue weighted by molar-refractivity contribution is -0.145. The number of hydrogen-bond acceptors (Lipinski definition) is 8. The van der Waals surface area contributed by atoms with Gasteiger partial charge in [-0.3, -0.25) is 14.4 Å². The monoisotopic (exact) mass is 475 g/mol. The van der Waals surface area contributed by atoms with Crippen molar-refractivity contribution in [2.24, 2.45) is 7.05 Å². The molecule has 0 aliphatic carbocycles. The fraction of sp³-hybridized carbons (Fsp3) is 0.591. The second-order valence-corrected chi connectivity index (χ2v) is 10.2. The number of carbonyl (C=O) groups excluding carboxylic acids is 3. The number of aromatic nitrogens is 3. The number of thioether (sulfide) groups is 1. The van der Waals surface area contributed by atoms with Crippen LogP contribution in [0, 0.1) is 6.92 Å². The van der Waals surface area contributed by atoms with Gasteiger partial charge in [0.25, 0.3) is 5.91 Å². The highest BCUT2D eigenvalue weighted by Crippen LogP contribution is 2.36. The van der Waals surface area contributed by atoms with Gasteiger partial charge in [-0.2, -0.15) is 5.10 Å². The third-order valence-electron chi connectivity index (χ3n) is 6.09. The maximum Gasteiger partial charge on any atom is 0.410 e. The van der Waals surface area contributed by atoms with Crippen molar-refractivity contribution in [3.63, 3.8) is 0 Å². The van der Waals surface area contributed by atoms with Crippen LogP contribution in [-0.4, -0.2) is 86.7 Å². The van der Waals surface area contributed by atoms with Gasteiger partial charge in [0.2, 0.25) is 0 Å². The molecule has 0 bridgehead atoms. The van der Waals surface area contributed by atoms with Crippen LogP contribution in [0.4, 0.5) is 4.79 Å². The molecule has 178 valence electrons. The van der Waals surface area contributed by atoms with Crippen LogP contribution in [0.1, 0.15) is 42.7 Å². The maximum absolute atomic E-state index is 13.5. The van der Waals surface area contributed by atoms with E-state index in [0.29, 0.717) is 31.5 Å². The predicted octanol–water partition coefficient (Wildman–Crippen LogP) is 2.38. The highest BCUT2D eigenvalue weighted by molar-refractivity contribution is 8.00. The van der Waals surface area contributed by atoms with E-state index in [2.05, 4.69) is 23.9 Å². The van der Waals surface area contributed by atoms with Crippen molar-refractivity contribution >= 4 is 40.8 Å². The van der Waals surface area contributed by atoms with Crippen LogP contribution in [0.25, 0.3) is 11.0 Å². The summed E-state index contributed by atoms with van der Waals surface area (Å²) in [5, 5.41) is 5.69. The fourth-order valence-electron chi connectivity index (χ4n) is 4.56. The number of fused-ring (bicyclic) bond motifs is 1. The van der Waals surface area contributed by atoms with E-state index in [-0.39, 0.29) is 23.8 Å². The molecule has 2 aliphatic heterocycles. The first-order valence-corrected chi connectivity index (χ1v) is 11.9. The summed E-state index contributed by atoms with van der Waals surface area (Å²) >= 11 is 1.64. The van der Waals surface area contributed by atoms with Crippen LogP contribution >= 0.6 is 11.8 Å². The third-order valence-corrected chi connectivity index (χ3v) is 7.22. The normalized spacial score (nSPS) is 19.5. The molecule has 0 saturated carbocycles. The van der Waals surface area contributed by atoms with E-state index < -0.39 is 18.1 Å². The predicted molar refractivity (Wildman–Crippen MR) is 122 cm³/mol. The van der Waals surface area contributed by atoms with Crippen LogP contribution in [0.15, 0.2) is 11.1 Å². The number of carbonyl (C=O) groups is 3. The van der Waals surface area contributed by atoms with Gasteiger partial charge in [0.15, 0.2) is 11.7 Å². The summed E-state index contributed by atoms with van der Waals surface area (Å²) in [4.78, 5) is 46.5. The van der Waals surface area contributed by atoms with Crippen LogP contribution in [-0.2, 0) is 21.3 Å². The molecule has 0 aromatic carbocycles. The Labute approximate surface area is 196 Å². The van der Waals surface area contributed by atoms with Crippen molar-refractivity contribution in [3.05, 3.63) is 17.5 Å². The number of piperidine rings is 1. The molecule has 0 N–H and O–H groups in total. The Morgan fingerprint density at radius 1 is 1.27 bits per heavy atom. The Balaban J connectivity index is 1.55. The molecule has 0 spiro atoms. The molecule has 0 unspecified atom stereocenters. The van der Waals surface area contributed by atoms with Gasteiger partial charge in [0, 0.05) is 42.5 Å². The average molecular weight is 476 g/mol. The number of amides is 2. The molecule has 2 amide bonds. The molecule has 4 heterocycles. The standard InChI is InChI=1S/C22H29N5O5S/c1-12(2)33-18-15(10-23-19-17(18)13(3)24-25(19)4)20(28)26-8-6-14(7-9-26)27-16(21(29)31-5)11-32-22(27)30/h10,12,14,16H,6-9,11H2,1-5H3/t16-/m0/s1. The molecule has 1 atom stereocenters. The largest absolute Gasteiger partial charge is 0.467 e. The van der Waals surface area contributed by atoms with Gasteiger partial charge in [0.1, 0.15) is 6.61 Å². The van der Waals surface area contributed by atoms with Gasteiger partial charge in [-0.15, -0.1) is 11.8 Å². The molecule has 33 heavy (non-hydrogen) atoms. The molecule has 2 aliphatic rings. The Kier molecular flexibility index (Phi) is 6.51. The first kappa shape index (κ1) is 23.3. The minimum atomic E-state index is -0.732. The minimum absolute atomic E-state index is 0.00339. The number of esters is 1. The SMILES string of the molecule is COC(=O)[C@@H]1COC(=O)N1C1CCN(C(=O)c2cnc3c(c(C)nn3C)c2SC(C)C)CC1. The molecular weight excluding hydrogens is 446 g/mol. The lowest BCUT2D eigenvalue weighted by Crippen LogP contribution is -2.52. The molecule has 4 rings (SSSR count). The molecule has 10 nitrogen and oxygen atoms in total. The van der Waals surface area contributed by atoms with E-state index in [9.17, 15) is 14.4 Å².